The van der Waals surface area contributed by atoms with Gasteiger partial charge in [-0.15, -0.1) is 0 Å². The minimum absolute atomic E-state index is 0.144. The van der Waals surface area contributed by atoms with Gasteiger partial charge in [-0.25, -0.2) is 0 Å². The Morgan fingerprint density at radius 2 is 1.74 bits per heavy atom. The zero-order chi connectivity index (χ0) is 24.9. The van der Waals surface area contributed by atoms with Crippen LogP contribution in [0.25, 0.3) is 0 Å². The van der Waals surface area contributed by atoms with Crippen LogP contribution >= 0.6 is 0 Å². The van der Waals surface area contributed by atoms with E-state index in [0.29, 0.717) is 23.6 Å². The van der Waals surface area contributed by atoms with E-state index >= 15 is 0 Å². The third-order valence-corrected chi connectivity index (χ3v) is 4.90. The van der Waals surface area contributed by atoms with Crippen molar-refractivity contribution in [1.82, 2.24) is 5.32 Å². The summed E-state index contributed by atoms with van der Waals surface area (Å²) in [5.41, 5.74) is 2.98. The monoisotopic (exact) mass is 465 g/mol. The van der Waals surface area contributed by atoms with E-state index in [1.807, 2.05) is 38.1 Å². The Kier molecular flexibility index (Phi) is 10.6. The molecule has 2 amide bonds. The van der Waals surface area contributed by atoms with Gasteiger partial charge < -0.3 is 19.7 Å². The Morgan fingerprint density at radius 1 is 1.06 bits per heavy atom. The number of carbonyl (C=O) groups excluding carboxylic acids is 3. The maximum Gasteiger partial charge on any atom is 0.325 e. The maximum atomic E-state index is 12.7. The topological polar surface area (TPSA) is 109 Å². The number of benzene rings is 2. The number of hydrogen-bond donors (Lipinski definition) is 1. The molecule has 0 saturated carbocycles. The van der Waals surface area contributed by atoms with Crippen LogP contribution in [0, 0.1) is 25.2 Å². The van der Waals surface area contributed by atoms with E-state index in [4.69, 9.17) is 14.7 Å². The quantitative estimate of drug-likeness (QED) is 0.378. The molecule has 0 aliphatic heterocycles. The molecule has 0 fully saturated rings. The van der Waals surface area contributed by atoms with Gasteiger partial charge >= 0.3 is 5.97 Å². The van der Waals surface area contributed by atoms with Crippen molar-refractivity contribution < 1.29 is 23.9 Å². The number of unbranched alkanes of at least 4 members (excludes halogenated alkanes) is 1. The van der Waals surface area contributed by atoms with Crippen LogP contribution in [-0.4, -0.2) is 44.1 Å². The number of carbonyl (C=O) groups is 3. The largest absolute Gasteiger partial charge is 0.494 e. The van der Waals surface area contributed by atoms with Gasteiger partial charge in [0.1, 0.15) is 12.3 Å². The lowest BCUT2D eigenvalue weighted by Crippen LogP contribution is -2.37. The van der Waals surface area contributed by atoms with Gasteiger partial charge in [0.2, 0.25) is 0 Å². The van der Waals surface area contributed by atoms with Crippen LogP contribution in [0.5, 0.6) is 5.75 Å². The molecule has 8 heteroatoms. The molecule has 0 aliphatic rings. The molecule has 2 rings (SSSR count). The smallest absolute Gasteiger partial charge is 0.325 e. The second-order valence-electron chi connectivity index (χ2n) is 7.87. The summed E-state index contributed by atoms with van der Waals surface area (Å²) in [7, 11) is 0. The van der Waals surface area contributed by atoms with Crippen LogP contribution in [0.1, 0.15) is 47.7 Å². The van der Waals surface area contributed by atoms with Crippen molar-refractivity contribution in [2.75, 3.05) is 31.2 Å². The summed E-state index contributed by atoms with van der Waals surface area (Å²) in [6.07, 6.45) is 2.13. The van der Waals surface area contributed by atoms with Crippen molar-refractivity contribution in [3.05, 3.63) is 59.2 Å². The van der Waals surface area contributed by atoms with Crippen LogP contribution in [0.4, 0.5) is 5.69 Å². The molecule has 0 radical (unpaired) electrons. The molecule has 0 atom stereocenters. The van der Waals surface area contributed by atoms with Gasteiger partial charge in [-0.1, -0.05) is 19.4 Å². The number of aryl methyl sites for hydroxylation is 2. The van der Waals surface area contributed by atoms with Crippen LogP contribution in [0.2, 0.25) is 0 Å². The van der Waals surface area contributed by atoms with E-state index in [0.717, 1.165) is 24.0 Å². The highest BCUT2D eigenvalue weighted by Gasteiger charge is 2.18. The molecule has 0 saturated heterocycles. The number of nitriles is 1. The van der Waals surface area contributed by atoms with Crippen molar-refractivity contribution in [1.29, 1.82) is 5.26 Å². The SMILES string of the molecule is CCCCOc1ccc(C(=O)NCC(=O)OCC(=O)N(CCC#N)c2cc(C)cc(C)c2)cc1. The molecule has 34 heavy (non-hydrogen) atoms. The average molecular weight is 466 g/mol. The number of hydrogen-bond acceptors (Lipinski definition) is 6. The first-order valence-electron chi connectivity index (χ1n) is 11.3. The third kappa shape index (κ3) is 8.58. The first kappa shape index (κ1) is 26.4. The fourth-order valence-electron chi connectivity index (χ4n) is 3.23. The van der Waals surface area contributed by atoms with Crippen molar-refractivity contribution >= 4 is 23.5 Å². The van der Waals surface area contributed by atoms with E-state index in [9.17, 15) is 14.4 Å². The Hall–Kier alpha value is -3.86. The Bertz CT molecular complexity index is 1010. The zero-order valence-corrected chi connectivity index (χ0v) is 19.9. The van der Waals surface area contributed by atoms with Crippen molar-refractivity contribution in [2.24, 2.45) is 0 Å². The first-order chi connectivity index (χ1) is 16.3. The molecular weight excluding hydrogens is 434 g/mol. The summed E-state index contributed by atoms with van der Waals surface area (Å²) >= 11 is 0. The summed E-state index contributed by atoms with van der Waals surface area (Å²) in [5.74, 6) is -0.942. The molecule has 2 aromatic rings. The molecule has 180 valence electrons. The molecule has 0 heterocycles. The first-order valence-corrected chi connectivity index (χ1v) is 11.3. The van der Waals surface area contributed by atoms with Crippen molar-refractivity contribution in [3.8, 4) is 11.8 Å². The molecule has 1 N–H and O–H groups in total. The summed E-state index contributed by atoms with van der Waals surface area (Å²) in [6, 6.07) is 14.3. The van der Waals surface area contributed by atoms with Gasteiger partial charge in [0, 0.05) is 17.8 Å². The summed E-state index contributed by atoms with van der Waals surface area (Å²) in [4.78, 5) is 38.5. The normalized spacial score (nSPS) is 10.2. The second kappa shape index (κ2) is 13.6. The molecule has 0 aliphatic carbocycles. The van der Waals surface area contributed by atoms with Gasteiger partial charge in [0.05, 0.1) is 19.1 Å². The van der Waals surface area contributed by atoms with Crippen LogP contribution < -0.4 is 15.0 Å². The average Bonchev–Trinajstić information content (AvgIpc) is 2.81. The molecule has 2 aromatic carbocycles. The van der Waals surface area contributed by atoms with Gasteiger partial charge in [-0.05, 0) is 67.8 Å². The van der Waals surface area contributed by atoms with E-state index < -0.39 is 24.4 Å². The Balaban J connectivity index is 1.86. The van der Waals surface area contributed by atoms with Crippen LogP contribution in [-0.2, 0) is 14.3 Å². The number of nitrogens with zero attached hydrogens (tertiary/aromatic N) is 2. The number of anilines is 1. The molecule has 0 spiro atoms. The lowest BCUT2D eigenvalue weighted by atomic mass is 10.1. The van der Waals surface area contributed by atoms with E-state index in [-0.39, 0.29) is 19.5 Å². The van der Waals surface area contributed by atoms with E-state index in [1.165, 1.54) is 4.90 Å². The standard InChI is InChI=1S/C26H31N3O5/c1-4-5-13-33-23-9-7-21(8-10-23)26(32)28-17-25(31)34-18-24(30)29(12-6-11-27)22-15-19(2)14-20(3)16-22/h7-10,14-16H,4-6,12-13,17-18H2,1-3H3,(H,28,32). The summed E-state index contributed by atoms with van der Waals surface area (Å²) in [5, 5.41) is 11.4. The molecule has 0 aromatic heterocycles. The minimum atomic E-state index is -0.734. The van der Waals surface area contributed by atoms with Crippen LogP contribution in [0.3, 0.4) is 0 Å². The van der Waals surface area contributed by atoms with E-state index in [2.05, 4.69) is 12.2 Å². The predicted octanol–water partition coefficient (Wildman–Crippen LogP) is 3.70. The Morgan fingerprint density at radius 3 is 2.35 bits per heavy atom. The third-order valence-electron chi connectivity index (χ3n) is 4.90. The molecule has 8 nitrogen and oxygen atoms in total. The van der Waals surface area contributed by atoms with Gasteiger partial charge in [0.15, 0.2) is 6.61 Å². The highest BCUT2D eigenvalue weighted by atomic mass is 16.5. The molecule has 0 bridgehead atoms. The van der Waals surface area contributed by atoms with Gasteiger partial charge in [-0.2, -0.15) is 5.26 Å². The highest BCUT2D eigenvalue weighted by Crippen LogP contribution is 2.19. The number of rotatable bonds is 12. The number of ether oxygens (including phenoxy) is 2. The van der Waals surface area contributed by atoms with Crippen molar-refractivity contribution in [3.63, 3.8) is 0 Å². The minimum Gasteiger partial charge on any atom is -0.494 e. The number of amides is 2. The lowest BCUT2D eigenvalue weighted by Gasteiger charge is -2.22. The number of nitrogens with one attached hydrogen (secondary N) is 1. The highest BCUT2D eigenvalue weighted by molar-refractivity contribution is 5.97. The number of esters is 1. The fraction of sp³-hybridized carbons (Fsp3) is 0.385. The van der Waals surface area contributed by atoms with Gasteiger partial charge in [0.25, 0.3) is 11.8 Å². The zero-order valence-electron chi connectivity index (χ0n) is 19.9. The predicted molar refractivity (Wildman–Crippen MR) is 129 cm³/mol. The Labute approximate surface area is 200 Å². The van der Waals surface area contributed by atoms with Crippen molar-refractivity contribution in [2.45, 2.75) is 40.0 Å². The molecular formula is C26H31N3O5. The second-order valence-corrected chi connectivity index (χ2v) is 7.87. The van der Waals surface area contributed by atoms with E-state index in [1.54, 1.807) is 24.3 Å². The van der Waals surface area contributed by atoms with Gasteiger partial charge in [-0.3, -0.25) is 14.4 Å². The lowest BCUT2D eigenvalue weighted by molar-refractivity contribution is -0.146. The fourth-order valence-corrected chi connectivity index (χ4v) is 3.23. The maximum absolute atomic E-state index is 12.7. The summed E-state index contributed by atoms with van der Waals surface area (Å²) < 4.78 is 10.6. The van der Waals surface area contributed by atoms with Crippen LogP contribution in [0.15, 0.2) is 42.5 Å². The molecule has 0 unspecified atom stereocenters. The summed E-state index contributed by atoms with van der Waals surface area (Å²) in [6.45, 7) is 5.85.